The average molecular weight is 203 g/mol. The number of quaternary nitrogens is 1. The molecule has 0 atom stereocenters. The van der Waals surface area contributed by atoms with E-state index in [0.717, 1.165) is 0 Å². The van der Waals surface area contributed by atoms with Crippen molar-refractivity contribution in [3.05, 3.63) is 55.8 Å². The number of rotatable bonds is 1. The number of benzene rings is 1. The molecule has 0 saturated carbocycles. The van der Waals surface area contributed by atoms with Crippen molar-refractivity contribution in [1.82, 2.24) is 6.15 Å². The van der Waals surface area contributed by atoms with E-state index in [1.165, 1.54) is 12.1 Å². The second-order valence-electron chi connectivity index (χ2n) is 1.82. The SMILES string of the molecule is O=[N+]([O-])[O-].O=[N+]([O-])c1ccccc1.[NH4+]. The Hall–Kier alpha value is -2.22. The highest BCUT2D eigenvalue weighted by Gasteiger charge is 1.98. The van der Waals surface area contributed by atoms with Crippen LogP contribution in [0, 0.1) is 25.4 Å². The zero-order valence-corrected chi connectivity index (χ0v) is 7.32. The van der Waals surface area contributed by atoms with Crippen LogP contribution in [0.2, 0.25) is 0 Å². The van der Waals surface area contributed by atoms with E-state index in [2.05, 4.69) is 0 Å². The number of non-ortho nitro benzene ring substituents is 1. The van der Waals surface area contributed by atoms with Gasteiger partial charge in [-0.15, -0.1) is 0 Å². The zero-order chi connectivity index (χ0) is 10.3. The van der Waals surface area contributed by atoms with Gasteiger partial charge in [-0.1, -0.05) is 18.2 Å². The molecule has 8 nitrogen and oxygen atoms in total. The van der Waals surface area contributed by atoms with Crippen LogP contribution in [0.25, 0.3) is 0 Å². The van der Waals surface area contributed by atoms with Crippen LogP contribution in [0.5, 0.6) is 0 Å². The fourth-order valence-corrected chi connectivity index (χ4v) is 0.550. The summed E-state index contributed by atoms with van der Waals surface area (Å²) in [7, 11) is 0. The molecule has 0 spiro atoms. The van der Waals surface area contributed by atoms with Crippen LogP contribution in [0.4, 0.5) is 5.69 Å². The van der Waals surface area contributed by atoms with Crippen molar-refractivity contribution < 1.29 is 10.0 Å². The van der Waals surface area contributed by atoms with Crippen LogP contribution in [-0.4, -0.2) is 10.0 Å². The first-order chi connectivity index (χ1) is 6.04. The maximum Gasteiger partial charge on any atom is 0.269 e. The molecule has 0 bridgehead atoms. The lowest BCUT2D eigenvalue weighted by molar-refractivity contribution is -0.402. The summed E-state index contributed by atoms with van der Waals surface area (Å²) in [5.41, 5.74) is 0.137. The number of nitro groups is 1. The highest BCUT2D eigenvalue weighted by atomic mass is 16.9. The highest BCUT2D eigenvalue weighted by molar-refractivity contribution is 5.27. The number of hydrogen-bond acceptors (Lipinski definition) is 5. The summed E-state index contributed by atoms with van der Waals surface area (Å²) < 4.78 is 0. The molecule has 78 valence electrons. The van der Waals surface area contributed by atoms with Crippen LogP contribution >= 0.6 is 0 Å². The van der Waals surface area contributed by atoms with E-state index in [1.54, 1.807) is 18.2 Å². The van der Waals surface area contributed by atoms with Crippen molar-refractivity contribution in [2.75, 3.05) is 0 Å². The van der Waals surface area contributed by atoms with Crippen molar-refractivity contribution in [3.8, 4) is 0 Å². The van der Waals surface area contributed by atoms with Crippen molar-refractivity contribution in [1.29, 1.82) is 0 Å². The number of hydrogen-bond donors (Lipinski definition) is 1. The van der Waals surface area contributed by atoms with Crippen molar-refractivity contribution >= 4 is 5.69 Å². The number of nitrogens with zero attached hydrogens (tertiary/aromatic N) is 2. The lowest BCUT2D eigenvalue weighted by Gasteiger charge is -1.85. The molecule has 0 unspecified atom stereocenters. The van der Waals surface area contributed by atoms with Crippen LogP contribution in [0.1, 0.15) is 0 Å². The first-order valence-electron chi connectivity index (χ1n) is 3.05. The average Bonchev–Trinajstić information content (AvgIpc) is 2.05. The topological polar surface area (TPSA) is 146 Å². The lowest BCUT2D eigenvalue weighted by Crippen LogP contribution is -1.84. The molecule has 1 rings (SSSR count). The van der Waals surface area contributed by atoms with Crippen LogP contribution < -0.4 is 6.15 Å². The van der Waals surface area contributed by atoms with E-state index < -0.39 is 10.0 Å². The Morgan fingerprint density at radius 2 is 1.29 bits per heavy atom. The smallest absolute Gasteiger partial charge is 0.269 e. The van der Waals surface area contributed by atoms with E-state index >= 15 is 0 Å². The molecule has 0 heterocycles. The van der Waals surface area contributed by atoms with E-state index in [9.17, 15) is 10.1 Å². The molecule has 0 amide bonds. The minimum atomic E-state index is -1.75. The molecule has 1 aromatic carbocycles. The lowest BCUT2D eigenvalue weighted by atomic mass is 10.3. The molecule has 14 heavy (non-hydrogen) atoms. The summed E-state index contributed by atoms with van der Waals surface area (Å²) >= 11 is 0. The van der Waals surface area contributed by atoms with Gasteiger partial charge in [-0.2, -0.15) is 0 Å². The fourth-order valence-electron chi connectivity index (χ4n) is 0.550. The maximum absolute atomic E-state index is 10.0. The molecule has 0 radical (unpaired) electrons. The predicted octanol–water partition coefficient (Wildman–Crippen LogP) is 1.73. The molecule has 0 aromatic heterocycles. The molecular weight excluding hydrogens is 194 g/mol. The first kappa shape index (κ1) is 14.3. The summed E-state index contributed by atoms with van der Waals surface area (Å²) in [6.07, 6.45) is 0. The van der Waals surface area contributed by atoms with Gasteiger partial charge < -0.3 is 21.5 Å². The van der Waals surface area contributed by atoms with Crippen molar-refractivity contribution in [2.24, 2.45) is 0 Å². The van der Waals surface area contributed by atoms with E-state index in [-0.39, 0.29) is 11.8 Å². The second-order valence-corrected chi connectivity index (χ2v) is 1.82. The van der Waals surface area contributed by atoms with Gasteiger partial charge in [0.05, 0.1) is 10.0 Å². The maximum atomic E-state index is 10.0. The van der Waals surface area contributed by atoms with Gasteiger partial charge >= 0.3 is 0 Å². The van der Waals surface area contributed by atoms with Crippen LogP contribution in [-0.2, 0) is 0 Å². The quantitative estimate of drug-likeness (QED) is 0.545. The third-order valence-corrected chi connectivity index (χ3v) is 0.967. The molecule has 0 aliphatic heterocycles. The van der Waals surface area contributed by atoms with E-state index in [1.807, 2.05) is 0 Å². The normalized spacial score (nSPS) is 7.43. The Morgan fingerprint density at radius 3 is 1.50 bits per heavy atom. The largest absolute Gasteiger partial charge is 0.369 e. The summed E-state index contributed by atoms with van der Waals surface area (Å²) in [6, 6.07) is 7.93. The second kappa shape index (κ2) is 7.43. The van der Waals surface area contributed by atoms with Gasteiger partial charge in [-0.25, -0.2) is 0 Å². The van der Waals surface area contributed by atoms with Gasteiger partial charge in [-0.3, -0.25) is 10.1 Å². The number of nitro benzene ring substituents is 1. The Morgan fingerprint density at radius 1 is 0.929 bits per heavy atom. The fraction of sp³-hybridized carbons (Fsp3) is 0. The Kier molecular flexibility index (Phi) is 7.60. The van der Waals surface area contributed by atoms with E-state index in [4.69, 9.17) is 15.3 Å². The molecule has 4 N–H and O–H groups in total. The third kappa shape index (κ3) is 7.88. The Balaban J connectivity index is 0. The standard InChI is InChI=1S/C6H5NO2.NO3.H3N/c8-7(9)6-4-2-1-3-5-6;2-1(3)4;/h1-5H;;1H3/q;-1;/p+1. The van der Waals surface area contributed by atoms with Gasteiger partial charge in [0.25, 0.3) is 5.69 Å². The summed E-state index contributed by atoms with van der Waals surface area (Å²) in [5.74, 6) is 0. The zero-order valence-electron chi connectivity index (χ0n) is 7.32. The Bertz CT molecular complexity index is 285. The molecule has 0 aliphatic rings. The van der Waals surface area contributed by atoms with Crippen LogP contribution in [0.3, 0.4) is 0 Å². The summed E-state index contributed by atoms with van der Waals surface area (Å²) in [4.78, 5) is 17.8. The summed E-state index contributed by atoms with van der Waals surface area (Å²) in [5, 5.41) is 24.8. The van der Waals surface area contributed by atoms with Crippen LogP contribution in [0.15, 0.2) is 30.3 Å². The molecule has 8 heteroatoms. The van der Waals surface area contributed by atoms with Crippen molar-refractivity contribution in [2.45, 2.75) is 0 Å². The molecule has 0 fully saturated rings. The van der Waals surface area contributed by atoms with Gasteiger partial charge in [0, 0.05) is 12.1 Å². The monoisotopic (exact) mass is 203 g/mol. The van der Waals surface area contributed by atoms with E-state index in [0.29, 0.717) is 0 Å². The Labute approximate surface area is 78.6 Å². The predicted molar refractivity (Wildman–Crippen MR) is 49.4 cm³/mol. The third-order valence-electron chi connectivity index (χ3n) is 0.967. The molecule has 0 saturated heterocycles. The molecular formula is C6H9N3O5. The van der Waals surface area contributed by atoms with Gasteiger partial charge in [-0.05, 0) is 0 Å². The molecule has 0 aliphatic carbocycles. The van der Waals surface area contributed by atoms with Gasteiger partial charge in [0.1, 0.15) is 0 Å². The minimum absolute atomic E-state index is 0. The minimum Gasteiger partial charge on any atom is -0.369 e. The van der Waals surface area contributed by atoms with Gasteiger partial charge in [0.2, 0.25) is 0 Å². The summed E-state index contributed by atoms with van der Waals surface area (Å²) in [6.45, 7) is 0. The van der Waals surface area contributed by atoms with Gasteiger partial charge in [0.15, 0.2) is 0 Å². The first-order valence-corrected chi connectivity index (χ1v) is 3.05. The molecule has 1 aromatic rings. The highest BCUT2D eigenvalue weighted by Crippen LogP contribution is 2.06. The van der Waals surface area contributed by atoms with Crippen molar-refractivity contribution in [3.63, 3.8) is 0 Å². The number of para-hydroxylation sites is 1.